The molecule has 0 spiro atoms. The molecule has 0 saturated carbocycles. The van der Waals surface area contributed by atoms with Crippen molar-refractivity contribution in [1.82, 2.24) is 14.8 Å². The van der Waals surface area contributed by atoms with Crippen LogP contribution in [-0.2, 0) is 5.75 Å². The van der Waals surface area contributed by atoms with E-state index < -0.39 is 0 Å². The lowest BCUT2D eigenvalue weighted by Crippen LogP contribution is -2.02. The van der Waals surface area contributed by atoms with E-state index in [4.69, 9.17) is 0 Å². The van der Waals surface area contributed by atoms with Crippen LogP contribution in [0, 0.1) is 18.6 Å². The van der Waals surface area contributed by atoms with Gasteiger partial charge in [0, 0.05) is 5.75 Å². The summed E-state index contributed by atoms with van der Waals surface area (Å²) in [5, 5.41) is 9.25. The third-order valence-electron chi connectivity index (χ3n) is 4.39. The molecular weight excluding hydrogens is 376 g/mol. The Balaban J connectivity index is 1.77. The maximum absolute atomic E-state index is 14.4. The fourth-order valence-corrected chi connectivity index (χ4v) is 3.84. The highest BCUT2D eigenvalue weighted by atomic mass is 32.2. The summed E-state index contributed by atoms with van der Waals surface area (Å²) in [5.74, 6) is 0.439. The first kappa shape index (κ1) is 18.4. The maximum Gasteiger partial charge on any atom is 0.196 e. The molecule has 0 N–H and O–H groups in total. The largest absolute Gasteiger partial charge is 0.270 e. The number of aryl methyl sites for hydroxylation is 1. The van der Waals surface area contributed by atoms with E-state index in [1.165, 1.54) is 30.0 Å². The van der Waals surface area contributed by atoms with Gasteiger partial charge in [-0.15, -0.1) is 10.2 Å². The summed E-state index contributed by atoms with van der Waals surface area (Å²) in [4.78, 5) is 0. The molecule has 0 aliphatic rings. The topological polar surface area (TPSA) is 30.7 Å². The van der Waals surface area contributed by atoms with E-state index in [9.17, 15) is 8.78 Å². The Kier molecular flexibility index (Phi) is 5.21. The summed E-state index contributed by atoms with van der Waals surface area (Å²) >= 11 is 1.48. The maximum atomic E-state index is 14.4. The van der Waals surface area contributed by atoms with Gasteiger partial charge in [0.15, 0.2) is 11.0 Å². The minimum atomic E-state index is -0.347. The second kappa shape index (κ2) is 7.94. The smallest absolute Gasteiger partial charge is 0.196 e. The molecular formula is C22H17F2N3S. The van der Waals surface area contributed by atoms with Gasteiger partial charge in [-0.05, 0) is 48.4 Å². The van der Waals surface area contributed by atoms with Gasteiger partial charge in [0.05, 0.1) is 11.3 Å². The molecule has 4 rings (SSSR count). The number of para-hydroxylation sites is 1. The molecule has 0 aliphatic heterocycles. The van der Waals surface area contributed by atoms with Crippen LogP contribution in [0.15, 0.2) is 78.0 Å². The molecule has 0 fully saturated rings. The normalized spacial score (nSPS) is 11.0. The first-order valence-electron chi connectivity index (χ1n) is 8.77. The van der Waals surface area contributed by atoms with Gasteiger partial charge in [-0.25, -0.2) is 8.78 Å². The molecule has 6 heteroatoms. The minimum absolute atomic E-state index is 0.265. The summed E-state index contributed by atoms with van der Waals surface area (Å²) < 4.78 is 29.5. The number of hydrogen-bond donors (Lipinski definition) is 0. The van der Waals surface area contributed by atoms with Crippen LogP contribution >= 0.6 is 11.8 Å². The number of nitrogens with zero attached hydrogens (tertiary/aromatic N) is 3. The molecule has 28 heavy (non-hydrogen) atoms. The van der Waals surface area contributed by atoms with E-state index in [0.717, 1.165) is 16.8 Å². The molecule has 0 aliphatic carbocycles. The van der Waals surface area contributed by atoms with Crippen LogP contribution in [0.1, 0.15) is 11.1 Å². The highest BCUT2D eigenvalue weighted by Gasteiger charge is 2.19. The molecule has 1 aromatic heterocycles. The highest BCUT2D eigenvalue weighted by Crippen LogP contribution is 2.31. The van der Waals surface area contributed by atoms with Crippen molar-refractivity contribution in [3.63, 3.8) is 0 Å². The molecule has 0 amide bonds. The van der Waals surface area contributed by atoms with Crippen LogP contribution in [-0.4, -0.2) is 14.8 Å². The summed E-state index contributed by atoms with van der Waals surface area (Å²) in [5.41, 5.74) is 3.29. The SMILES string of the molecule is Cc1ccccc1-n1c(SCc2ccc(F)cc2)nnc1-c1ccccc1F. The third kappa shape index (κ3) is 3.68. The number of rotatable bonds is 5. The fraction of sp³-hybridized carbons (Fsp3) is 0.0909. The number of benzene rings is 3. The Hall–Kier alpha value is -2.99. The Morgan fingerprint density at radius 1 is 0.857 bits per heavy atom. The lowest BCUT2D eigenvalue weighted by Gasteiger charge is -2.13. The van der Waals surface area contributed by atoms with Crippen molar-refractivity contribution >= 4 is 11.8 Å². The quantitative estimate of drug-likeness (QED) is 0.401. The number of thioether (sulfide) groups is 1. The zero-order valence-electron chi connectivity index (χ0n) is 15.1. The molecule has 3 nitrogen and oxygen atoms in total. The second-order valence-corrected chi connectivity index (χ2v) is 7.27. The zero-order chi connectivity index (χ0) is 19.5. The predicted octanol–water partition coefficient (Wildman–Crippen LogP) is 5.81. The van der Waals surface area contributed by atoms with Crippen molar-refractivity contribution in [3.8, 4) is 17.1 Å². The molecule has 0 saturated heterocycles. The van der Waals surface area contributed by atoms with E-state index in [2.05, 4.69) is 10.2 Å². The van der Waals surface area contributed by atoms with E-state index in [0.29, 0.717) is 22.3 Å². The highest BCUT2D eigenvalue weighted by molar-refractivity contribution is 7.98. The lowest BCUT2D eigenvalue weighted by molar-refractivity contribution is 0.627. The van der Waals surface area contributed by atoms with Gasteiger partial charge < -0.3 is 0 Å². The Morgan fingerprint density at radius 2 is 1.57 bits per heavy atom. The Bertz CT molecular complexity index is 1110. The first-order chi connectivity index (χ1) is 13.6. The average molecular weight is 393 g/mol. The van der Waals surface area contributed by atoms with Crippen molar-refractivity contribution in [2.75, 3.05) is 0 Å². The van der Waals surface area contributed by atoms with Crippen LogP contribution in [0.3, 0.4) is 0 Å². The van der Waals surface area contributed by atoms with Crippen LogP contribution < -0.4 is 0 Å². The first-order valence-corrected chi connectivity index (χ1v) is 9.75. The minimum Gasteiger partial charge on any atom is -0.270 e. The molecule has 0 bridgehead atoms. The van der Waals surface area contributed by atoms with E-state index in [-0.39, 0.29) is 11.6 Å². The molecule has 0 radical (unpaired) electrons. The van der Waals surface area contributed by atoms with Gasteiger partial charge in [0.2, 0.25) is 0 Å². The third-order valence-corrected chi connectivity index (χ3v) is 5.39. The van der Waals surface area contributed by atoms with Crippen LogP contribution in [0.4, 0.5) is 8.78 Å². The fourth-order valence-electron chi connectivity index (χ4n) is 2.94. The predicted molar refractivity (Wildman–Crippen MR) is 107 cm³/mol. The van der Waals surface area contributed by atoms with Gasteiger partial charge in [0.25, 0.3) is 0 Å². The van der Waals surface area contributed by atoms with Gasteiger partial charge in [-0.3, -0.25) is 4.57 Å². The number of halogens is 2. The summed E-state index contributed by atoms with van der Waals surface area (Å²) in [7, 11) is 0. The van der Waals surface area contributed by atoms with Crippen LogP contribution in [0.5, 0.6) is 0 Å². The van der Waals surface area contributed by atoms with Gasteiger partial charge >= 0.3 is 0 Å². The van der Waals surface area contributed by atoms with Gasteiger partial charge in [-0.1, -0.05) is 54.2 Å². The summed E-state index contributed by atoms with van der Waals surface area (Å²) in [6.45, 7) is 1.99. The molecule has 4 aromatic rings. The van der Waals surface area contributed by atoms with E-state index in [1.807, 2.05) is 35.8 Å². The number of hydrogen-bond acceptors (Lipinski definition) is 3. The van der Waals surface area contributed by atoms with E-state index >= 15 is 0 Å². The van der Waals surface area contributed by atoms with Crippen molar-refractivity contribution in [1.29, 1.82) is 0 Å². The second-order valence-electron chi connectivity index (χ2n) is 6.32. The molecule has 140 valence electrons. The van der Waals surface area contributed by atoms with Crippen LogP contribution in [0.25, 0.3) is 17.1 Å². The molecule has 0 atom stereocenters. The van der Waals surface area contributed by atoms with Gasteiger partial charge in [-0.2, -0.15) is 0 Å². The monoisotopic (exact) mass is 393 g/mol. The summed E-state index contributed by atoms with van der Waals surface area (Å²) in [6.07, 6.45) is 0. The van der Waals surface area contributed by atoms with Crippen molar-refractivity contribution < 1.29 is 8.78 Å². The molecule has 1 heterocycles. The van der Waals surface area contributed by atoms with Crippen molar-refractivity contribution in [2.45, 2.75) is 17.8 Å². The summed E-state index contributed by atoms with van der Waals surface area (Å²) in [6, 6.07) is 20.7. The molecule has 3 aromatic carbocycles. The average Bonchev–Trinajstić information content (AvgIpc) is 3.12. The molecule has 0 unspecified atom stereocenters. The van der Waals surface area contributed by atoms with Crippen molar-refractivity contribution in [2.24, 2.45) is 0 Å². The number of aromatic nitrogens is 3. The van der Waals surface area contributed by atoms with Gasteiger partial charge in [0.1, 0.15) is 11.6 Å². The van der Waals surface area contributed by atoms with E-state index in [1.54, 1.807) is 30.3 Å². The zero-order valence-corrected chi connectivity index (χ0v) is 16.0. The Labute approximate surface area is 166 Å². The Morgan fingerprint density at radius 3 is 2.32 bits per heavy atom. The van der Waals surface area contributed by atoms with Crippen LogP contribution in [0.2, 0.25) is 0 Å². The standard InChI is InChI=1S/C22H17F2N3S/c1-15-6-2-5-9-20(15)27-21(18-7-3-4-8-19(18)24)25-26-22(27)28-14-16-10-12-17(23)13-11-16/h2-13H,14H2,1H3. The van der Waals surface area contributed by atoms with Crippen molar-refractivity contribution in [3.05, 3.63) is 95.6 Å². The lowest BCUT2D eigenvalue weighted by atomic mass is 10.1.